The zero-order valence-electron chi connectivity index (χ0n) is 15.4. The molecular weight excluding hydrogens is 366 g/mol. The fraction of sp³-hybridized carbons (Fsp3) is 0.478. The van der Waals surface area contributed by atoms with Gasteiger partial charge in [-0.05, 0) is 49.1 Å². The Hall–Kier alpha value is -1.45. The molecule has 0 N–H and O–H groups in total. The lowest BCUT2D eigenvalue weighted by Gasteiger charge is -2.33. The predicted octanol–water partition coefficient (Wildman–Crippen LogP) is 6.78. The molecule has 1 nitrogen and oxygen atoms in total. The number of ether oxygens (including phenoxy) is 1. The minimum absolute atomic E-state index is 0.00381. The maximum Gasteiger partial charge on any atom is 0.161 e. The highest BCUT2D eigenvalue weighted by molar-refractivity contribution is 6.17. The molecule has 3 rings (SSSR count). The van der Waals surface area contributed by atoms with E-state index >= 15 is 0 Å². The Morgan fingerprint density at radius 1 is 0.889 bits per heavy atom. The molecule has 3 atom stereocenters. The van der Waals surface area contributed by atoms with Crippen LogP contribution >= 0.6 is 11.6 Å². The smallest absolute Gasteiger partial charge is 0.161 e. The second-order valence-electron chi connectivity index (χ2n) is 7.29. The van der Waals surface area contributed by atoms with E-state index in [1.54, 1.807) is 12.1 Å². The van der Waals surface area contributed by atoms with Crippen molar-refractivity contribution < 1.29 is 13.5 Å². The fourth-order valence-electron chi connectivity index (χ4n) is 3.90. The largest absolute Gasteiger partial charge is 0.367 e. The van der Waals surface area contributed by atoms with Gasteiger partial charge in [0.25, 0.3) is 0 Å². The van der Waals surface area contributed by atoms with Gasteiger partial charge in [0.15, 0.2) is 6.17 Å². The first-order valence-electron chi connectivity index (χ1n) is 9.78. The van der Waals surface area contributed by atoms with E-state index in [2.05, 4.69) is 24.3 Å². The molecule has 0 bridgehead atoms. The van der Waals surface area contributed by atoms with Crippen LogP contribution in [0.15, 0.2) is 60.7 Å². The third-order valence-corrected chi connectivity index (χ3v) is 5.65. The summed E-state index contributed by atoms with van der Waals surface area (Å²) in [6.45, 7) is 0. The number of alkyl halides is 3. The third-order valence-electron chi connectivity index (χ3n) is 5.43. The molecule has 4 heteroatoms. The molecule has 0 spiro atoms. The number of halogens is 3. The first-order valence-corrected chi connectivity index (χ1v) is 10.3. The summed E-state index contributed by atoms with van der Waals surface area (Å²) in [5.41, 5.74) is 2.04. The molecule has 1 aliphatic rings. The van der Waals surface area contributed by atoms with Crippen molar-refractivity contribution in [1.82, 2.24) is 0 Å². The van der Waals surface area contributed by atoms with Gasteiger partial charge in [-0.15, -0.1) is 11.6 Å². The molecule has 27 heavy (non-hydrogen) atoms. The molecule has 2 aromatic carbocycles. The quantitative estimate of drug-likeness (QED) is 0.450. The van der Waals surface area contributed by atoms with Gasteiger partial charge in [0.2, 0.25) is 0 Å². The Labute approximate surface area is 165 Å². The summed E-state index contributed by atoms with van der Waals surface area (Å²) in [6.07, 6.45) is -0.520. The predicted molar refractivity (Wildman–Crippen MR) is 107 cm³/mol. The van der Waals surface area contributed by atoms with Crippen molar-refractivity contribution >= 4 is 11.6 Å². The van der Waals surface area contributed by atoms with Crippen molar-refractivity contribution in [3.63, 3.8) is 0 Å². The highest BCUT2D eigenvalue weighted by Gasteiger charge is 2.34. The number of hydrogen-bond donors (Lipinski definition) is 0. The highest BCUT2D eigenvalue weighted by Crippen LogP contribution is 2.37. The summed E-state index contributed by atoms with van der Waals surface area (Å²) in [6, 6.07) is 19.6. The van der Waals surface area contributed by atoms with Crippen molar-refractivity contribution in [1.29, 1.82) is 0 Å². The summed E-state index contributed by atoms with van der Waals surface area (Å²) >= 11 is 5.61. The van der Waals surface area contributed by atoms with Gasteiger partial charge in [0, 0.05) is 5.88 Å². The van der Waals surface area contributed by atoms with E-state index in [1.165, 1.54) is 5.56 Å². The number of rotatable bonds is 8. The SMILES string of the molecule is FC(CCCl)C(F)C(OC1CCC(c2ccccc2)CC1)c1ccccc1. The molecule has 146 valence electrons. The van der Waals surface area contributed by atoms with E-state index in [4.69, 9.17) is 16.3 Å². The zero-order chi connectivity index (χ0) is 19.1. The van der Waals surface area contributed by atoms with Crippen LogP contribution in [0.2, 0.25) is 0 Å². The monoisotopic (exact) mass is 392 g/mol. The lowest BCUT2D eigenvalue weighted by Crippen LogP contribution is -2.32. The van der Waals surface area contributed by atoms with E-state index in [9.17, 15) is 8.78 Å². The van der Waals surface area contributed by atoms with Gasteiger partial charge in [-0.1, -0.05) is 60.7 Å². The Kier molecular flexibility index (Phi) is 7.66. The second kappa shape index (κ2) is 10.2. The van der Waals surface area contributed by atoms with Crippen LogP contribution in [-0.4, -0.2) is 24.3 Å². The normalized spacial score (nSPS) is 23.5. The molecule has 0 saturated heterocycles. The molecule has 0 heterocycles. The van der Waals surface area contributed by atoms with Crippen LogP contribution in [0.1, 0.15) is 55.3 Å². The fourth-order valence-corrected chi connectivity index (χ4v) is 4.11. The van der Waals surface area contributed by atoms with E-state index in [0.29, 0.717) is 11.5 Å². The summed E-state index contributed by atoms with van der Waals surface area (Å²) in [7, 11) is 0. The maximum atomic E-state index is 14.9. The van der Waals surface area contributed by atoms with Crippen molar-refractivity contribution in [3.8, 4) is 0 Å². The van der Waals surface area contributed by atoms with E-state index < -0.39 is 18.4 Å². The molecule has 3 unspecified atom stereocenters. The van der Waals surface area contributed by atoms with Crippen LogP contribution in [0.5, 0.6) is 0 Å². The van der Waals surface area contributed by atoms with Gasteiger partial charge in [-0.25, -0.2) is 8.78 Å². The molecule has 1 aliphatic carbocycles. The summed E-state index contributed by atoms with van der Waals surface area (Å²) in [5, 5.41) is 0. The molecule has 1 saturated carbocycles. The van der Waals surface area contributed by atoms with E-state index in [0.717, 1.165) is 25.7 Å². The standard InChI is InChI=1S/C23H27ClF2O/c24-16-15-21(25)22(26)23(19-9-5-2-6-10-19)27-20-13-11-18(12-14-20)17-7-3-1-4-8-17/h1-10,18,20-23H,11-16H2. The van der Waals surface area contributed by atoms with E-state index in [1.807, 2.05) is 24.3 Å². The lowest BCUT2D eigenvalue weighted by atomic mass is 9.82. The van der Waals surface area contributed by atoms with Gasteiger partial charge in [-0.3, -0.25) is 0 Å². The van der Waals surface area contributed by atoms with Gasteiger partial charge >= 0.3 is 0 Å². The number of benzene rings is 2. The molecule has 0 aromatic heterocycles. The Bertz CT molecular complexity index is 659. The average molecular weight is 393 g/mol. The zero-order valence-corrected chi connectivity index (χ0v) is 16.2. The Morgan fingerprint density at radius 2 is 1.48 bits per heavy atom. The number of hydrogen-bond acceptors (Lipinski definition) is 1. The first kappa shape index (κ1) is 20.3. The Morgan fingerprint density at radius 3 is 2.07 bits per heavy atom. The first-order chi connectivity index (χ1) is 13.2. The topological polar surface area (TPSA) is 9.23 Å². The van der Waals surface area contributed by atoms with Crippen molar-refractivity contribution in [3.05, 3.63) is 71.8 Å². The van der Waals surface area contributed by atoms with Crippen LogP contribution in [0.25, 0.3) is 0 Å². The van der Waals surface area contributed by atoms with Crippen LogP contribution in [0.3, 0.4) is 0 Å². The van der Waals surface area contributed by atoms with Gasteiger partial charge in [0.05, 0.1) is 6.10 Å². The van der Waals surface area contributed by atoms with Crippen LogP contribution in [0.4, 0.5) is 8.78 Å². The molecule has 0 aliphatic heterocycles. The lowest BCUT2D eigenvalue weighted by molar-refractivity contribution is -0.0860. The highest BCUT2D eigenvalue weighted by atomic mass is 35.5. The summed E-state index contributed by atoms with van der Waals surface area (Å²) in [5.74, 6) is 0.623. The van der Waals surface area contributed by atoms with Crippen LogP contribution < -0.4 is 0 Å². The van der Waals surface area contributed by atoms with Gasteiger partial charge < -0.3 is 4.74 Å². The average Bonchev–Trinajstić information content (AvgIpc) is 2.73. The second-order valence-corrected chi connectivity index (χ2v) is 7.67. The third kappa shape index (κ3) is 5.52. The van der Waals surface area contributed by atoms with Crippen molar-refractivity contribution in [2.24, 2.45) is 0 Å². The van der Waals surface area contributed by atoms with Gasteiger partial charge in [-0.2, -0.15) is 0 Å². The van der Waals surface area contributed by atoms with Crippen LogP contribution in [-0.2, 0) is 4.74 Å². The molecular formula is C23H27ClF2O. The summed E-state index contributed by atoms with van der Waals surface area (Å²) in [4.78, 5) is 0. The Balaban J connectivity index is 1.64. The molecule has 2 aromatic rings. The minimum atomic E-state index is -1.71. The molecule has 0 radical (unpaired) electrons. The molecule has 0 amide bonds. The summed E-state index contributed by atoms with van der Waals surface area (Å²) < 4.78 is 35.2. The minimum Gasteiger partial charge on any atom is -0.367 e. The van der Waals surface area contributed by atoms with Crippen molar-refractivity contribution in [2.75, 3.05) is 5.88 Å². The molecule has 1 fully saturated rings. The van der Waals surface area contributed by atoms with E-state index in [-0.39, 0.29) is 18.4 Å². The van der Waals surface area contributed by atoms with Gasteiger partial charge in [0.1, 0.15) is 12.3 Å². The van der Waals surface area contributed by atoms with Crippen LogP contribution in [0, 0.1) is 0 Å². The maximum absolute atomic E-state index is 14.9. The van der Waals surface area contributed by atoms with Crippen molar-refractivity contribution in [2.45, 2.75) is 62.6 Å².